The van der Waals surface area contributed by atoms with E-state index in [0.29, 0.717) is 55.3 Å². The molecule has 2 N–H and O–H groups in total. The number of sulfone groups is 1. The van der Waals surface area contributed by atoms with Crippen LogP contribution in [0.25, 0.3) is 10.9 Å². The van der Waals surface area contributed by atoms with Gasteiger partial charge in [-0.1, -0.05) is 0 Å². The molecule has 0 unspecified atom stereocenters. The first kappa shape index (κ1) is 30.5. The molecule has 12 nitrogen and oxygen atoms in total. The van der Waals surface area contributed by atoms with Crippen LogP contribution < -0.4 is 10.1 Å². The van der Waals surface area contributed by atoms with Gasteiger partial charge in [0.05, 0.1) is 10.3 Å². The van der Waals surface area contributed by atoms with Crippen LogP contribution in [-0.4, -0.2) is 94.2 Å². The SMILES string of the molecule is Cc1[nH]nc(Nc2ncnc3cc(OCCN4CCN(C(=O)OC(C)(C)C)CC4)c(S(=O)(=O)C(C)(C)C)cc23)c1C. The number of ether oxygens (including phenoxy) is 2. The van der Waals surface area contributed by atoms with Crippen LogP contribution in [0.4, 0.5) is 16.4 Å². The molecule has 41 heavy (non-hydrogen) atoms. The average Bonchev–Trinajstić information content (AvgIpc) is 3.19. The highest BCUT2D eigenvalue weighted by Gasteiger charge is 2.34. The molecule has 1 aliphatic heterocycles. The number of aromatic amines is 1. The van der Waals surface area contributed by atoms with Gasteiger partial charge in [0.25, 0.3) is 0 Å². The molecule has 0 saturated carbocycles. The van der Waals surface area contributed by atoms with Crippen molar-refractivity contribution in [3.8, 4) is 5.75 Å². The Kier molecular flexibility index (Phi) is 8.51. The van der Waals surface area contributed by atoms with Crippen molar-refractivity contribution in [1.82, 2.24) is 30.0 Å². The number of aromatic nitrogens is 4. The number of hydrogen-bond acceptors (Lipinski definition) is 10. The van der Waals surface area contributed by atoms with Crippen LogP contribution >= 0.6 is 0 Å². The number of rotatable bonds is 7. The van der Waals surface area contributed by atoms with Gasteiger partial charge in [0.1, 0.15) is 35.0 Å². The molecule has 0 atom stereocenters. The molecule has 2 aromatic heterocycles. The van der Waals surface area contributed by atoms with E-state index in [4.69, 9.17) is 9.47 Å². The summed E-state index contributed by atoms with van der Waals surface area (Å²) >= 11 is 0. The van der Waals surface area contributed by atoms with Crippen molar-refractivity contribution < 1.29 is 22.7 Å². The third-order valence-electron chi connectivity index (χ3n) is 6.98. The van der Waals surface area contributed by atoms with E-state index in [2.05, 4.69) is 30.4 Å². The molecule has 4 rings (SSSR count). The van der Waals surface area contributed by atoms with Crippen molar-refractivity contribution in [3.63, 3.8) is 0 Å². The zero-order valence-corrected chi connectivity index (χ0v) is 26.0. The Bertz CT molecular complexity index is 1520. The van der Waals surface area contributed by atoms with Gasteiger partial charge in [-0.3, -0.25) is 10.00 Å². The number of fused-ring (bicyclic) bond motifs is 1. The van der Waals surface area contributed by atoms with Gasteiger partial charge >= 0.3 is 6.09 Å². The number of amides is 1. The predicted octanol–water partition coefficient (Wildman–Crippen LogP) is 4.22. The van der Waals surface area contributed by atoms with Crippen molar-refractivity contribution in [1.29, 1.82) is 0 Å². The molecular formula is C28H41N7O5S. The van der Waals surface area contributed by atoms with Crippen molar-refractivity contribution in [2.45, 2.75) is 70.6 Å². The number of piperazine rings is 1. The van der Waals surface area contributed by atoms with Gasteiger partial charge in [-0.05, 0) is 61.5 Å². The van der Waals surface area contributed by atoms with E-state index in [0.717, 1.165) is 11.3 Å². The summed E-state index contributed by atoms with van der Waals surface area (Å²) in [6.07, 6.45) is 1.11. The first-order valence-corrected chi connectivity index (χ1v) is 15.2. The fourth-order valence-corrected chi connectivity index (χ4v) is 5.62. The minimum Gasteiger partial charge on any atom is -0.491 e. The molecule has 13 heteroatoms. The lowest BCUT2D eigenvalue weighted by molar-refractivity contribution is 0.0136. The van der Waals surface area contributed by atoms with E-state index < -0.39 is 20.2 Å². The molecule has 0 bridgehead atoms. The van der Waals surface area contributed by atoms with Gasteiger partial charge in [0, 0.05) is 55.4 Å². The molecule has 0 spiro atoms. The summed E-state index contributed by atoms with van der Waals surface area (Å²) in [6.45, 7) is 17.7. The quantitative estimate of drug-likeness (QED) is 0.412. The minimum absolute atomic E-state index is 0.0834. The number of hydrogen-bond donors (Lipinski definition) is 2. The standard InChI is InChI=1S/C28H41N7O5S/c1-18-19(2)32-33-24(18)31-25-20-15-23(41(37,38)28(6,7)8)22(16-21(20)29-17-30-25)39-14-13-34-9-11-35(12-10-34)26(36)40-27(3,4)5/h15-17H,9-14H2,1-8H3,(H2,29,30,31,32,33). The summed E-state index contributed by atoms with van der Waals surface area (Å²) in [5.41, 5.74) is 1.86. The first-order valence-electron chi connectivity index (χ1n) is 13.7. The maximum absolute atomic E-state index is 13.7. The molecule has 1 amide bonds. The van der Waals surface area contributed by atoms with Crippen molar-refractivity contribution >= 4 is 38.5 Å². The van der Waals surface area contributed by atoms with Crippen molar-refractivity contribution in [2.24, 2.45) is 0 Å². The van der Waals surface area contributed by atoms with Gasteiger partial charge in [0.2, 0.25) is 0 Å². The summed E-state index contributed by atoms with van der Waals surface area (Å²) < 4.78 is 37.9. The van der Waals surface area contributed by atoms with Crippen LogP contribution in [0.2, 0.25) is 0 Å². The Morgan fingerprint density at radius 3 is 2.29 bits per heavy atom. The third kappa shape index (κ3) is 6.89. The lowest BCUT2D eigenvalue weighted by Crippen LogP contribution is -2.50. The Hall–Kier alpha value is -3.45. The molecule has 3 aromatic rings. The number of aryl methyl sites for hydroxylation is 1. The second kappa shape index (κ2) is 11.4. The number of anilines is 2. The maximum atomic E-state index is 13.7. The number of carbonyl (C=O) groups is 1. The number of benzene rings is 1. The Morgan fingerprint density at radius 2 is 1.71 bits per heavy atom. The highest BCUT2D eigenvalue weighted by molar-refractivity contribution is 7.92. The van der Waals surface area contributed by atoms with Crippen molar-refractivity contribution in [3.05, 3.63) is 29.7 Å². The summed E-state index contributed by atoms with van der Waals surface area (Å²) in [5, 5.41) is 11.0. The fourth-order valence-electron chi connectivity index (χ4n) is 4.30. The Morgan fingerprint density at radius 1 is 1.02 bits per heavy atom. The van der Waals surface area contributed by atoms with Crippen LogP contribution in [-0.2, 0) is 14.6 Å². The molecule has 1 aliphatic rings. The average molecular weight is 588 g/mol. The van der Waals surface area contributed by atoms with Crippen LogP contribution in [0.5, 0.6) is 5.75 Å². The van der Waals surface area contributed by atoms with Gasteiger partial charge in [-0.2, -0.15) is 5.10 Å². The minimum atomic E-state index is -3.78. The molecule has 1 fully saturated rings. The van der Waals surface area contributed by atoms with E-state index in [9.17, 15) is 13.2 Å². The van der Waals surface area contributed by atoms with Crippen LogP contribution in [0.1, 0.15) is 52.8 Å². The molecule has 3 heterocycles. The molecular weight excluding hydrogens is 546 g/mol. The first-order chi connectivity index (χ1) is 19.1. The maximum Gasteiger partial charge on any atom is 0.410 e. The van der Waals surface area contributed by atoms with Gasteiger partial charge < -0.3 is 19.7 Å². The fraction of sp³-hybridized carbons (Fsp3) is 0.571. The van der Waals surface area contributed by atoms with Crippen LogP contribution in [0, 0.1) is 13.8 Å². The van der Waals surface area contributed by atoms with Gasteiger partial charge in [-0.15, -0.1) is 0 Å². The van der Waals surface area contributed by atoms with Crippen LogP contribution in [0.3, 0.4) is 0 Å². The summed E-state index contributed by atoms with van der Waals surface area (Å²) in [6, 6.07) is 3.24. The van der Waals surface area contributed by atoms with Crippen molar-refractivity contribution in [2.75, 3.05) is 44.6 Å². The lowest BCUT2D eigenvalue weighted by atomic mass is 10.2. The number of H-pyrrole nitrogens is 1. The van der Waals surface area contributed by atoms with E-state index >= 15 is 0 Å². The third-order valence-corrected chi connectivity index (χ3v) is 9.49. The highest BCUT2D eigenvalue weighted by Crippen LogP contribution is 2.37. The molecule has 1 aromatic carbocycles. The number of nitrogens with one attached hydrogen (secondary N) is 2. The van der Waals surface area contributed by atoms with E-state index in [1.807, 2.05) is 34.6 Å². The molecule has 0 radical (unpaired) electrons. The zero-order chi connectivity index (χ0) is 30.2. The van der Waals surface area contributed by atoms with E-state index in [1.54, 1.807) is 37.8 Å². The normalized spacial score (nSPS) is 15.3. The Balaban J connectivity index is 1.54. The molecule has 1 saturated heterocycles. The largest absolute Gasteiger partial charge is 0.491 e. The number of nitrogens with zero attached hydrogens (tertiary/aromatic N) is 5. The van der Waals surface area contributed by atoms with Gasteiger partial charge in [0.15, 0.2) is 15.7 Å². The summed E-state index contributed by atoms with van der Waals surface area (Å²) in [7, 11) is -3.78. The molecule has 224 valence electrons. The lowest BCUT2D eigenvalue weighted by Gasteiger charge is -2.35. The second-order valence-electron chi connectivity index (χ2n) is 12.3. The predicted molar refractivity (Wildman–Crippen MR) is 158 cm³/mol. The smallest absolute Gasteiger partial charge is 0.410 e. The topological polar surface area (TPSA) is 143 Å². The summed E-state index contributed by atoms with van der Waals surface area (Å²) in [5.74, 6) is 1.30. The van der Waals surface area contributed by atoms with Crippen LogP contribution in [0.15, 0.2) is 23.4 Å². The Labute approximate surface area is 241 Å². The molecule has 0 aliphatic carbocycles. The second-order valence-corrected chi connectivity index (χ2v) is 14.9. The number of carbonyl (C=O) groups excluding carboxylic acids is 1. The van der Waals surface area contributed by atoms with E-state index in [1.165, 1.54) is 6.33 Å². The van der Waals surface area contributed by atoms with E-state index in [-0.39, 0.29) is 23.3 Å². The highest BCUT2D eigenvalue weighted by atomic mass is 32.2. The zero-order valence-electron chi connectivity index (χ0n) is 25.2. The monoisotopic (exact) mass is 587 g/mol. The summed E-state index contributed by atoms with van der Waals surface area (Å²) in [4.78, 5) is 25.1. The van der Waals surface area contributed by atoms with Gasteiger partial charge in [-0.25, -0.2) is 23.2 Å².